The molecule has 0 aliphatic carbocycles. The van der Waals surface area contributed by atoms with E-state index < -0.39 is 16.7 Å². The number of anilines is 1. The Morgan fingerprint density at radius 2 is 1.67 bits per heavy atom. The van der Waals surface area contributed by atoms with Gasteiger partial charge in [-0.05, 0) is 29.8 Å². The van der Waals surface area contributed by atoms with Crippen LogP contribution in [-0.2, 0) is 9.59 Å². The van der Waals surface area contributed by atoms with E-state index in [0.717, 1.165) is 10.0 Å². The van der Waals surface area contributed by atoms with Crippen LogP contribution in [0.25, 0.3) is 0 Å². The van der Waals surface area contributed by atoms with E-state index in [9.17, 15) is 19.7 Å². The highest BCUT2D eigenvalue weighted by Gasteiger charge is 2.13. The van der Waals surface area contributed by atoms with Crippen LogP contribution in [0.1, 0.15) is 5.56 Å². The van der Waals surface area contributed by atoms with Gasteiger partial charge >= 0.3 is 11.8 Å². The van der Waals surface area contributed by atoms with Crippen molar-refractivity contribution >= 4 is 45.3 Å². The number of nitro groups is 1. The van der Waals surface area contributed by atoms with Crippen molar-refractivity contribution in [3.05, 3.63) is 68.7 Å². The van der Waals surface area contributed by atoms with E-state index >= 15 is 0 Å². The summed E-state index contributed by atoms with van der Waals surface area (Å²) in [5.41, 5.74) is 2.99. The van der Waals surface area contributed by atoms with Crippen LogP contribution in [0.15, 0.2) is 58.1 Å². The van der Waals surface area contributed by atoms with Crippen LogP contribution in [0.2, 0.25) is 0 Å². The third kappa shape index (κ3) is 4.99. The van der Waals surface area contributed by atoms with Gasteiger partial charge in [-0.3, -0.25) is 19.7 Å². The Morgan fingerprint density at radius 3 is 2.25 bits per heavy atom. The Bertz CT molecular complexity index is 788. The zero-order chi connectivity index (χ0) is 17.5. The maximum atomic E-state index is 11.7. The van der Waals surface area contributed by atoms with E-state index in [1.807, 2.05) is 12.1 Å². The maximum absolute atomic E-state index is 11.7. The standard InChI is InChI=1S/C15H11BrN4O4/c16-11-3-1-10(2-4-11)9-17-19-15(22)14(21)18-12-5-7-13(8-6-12)20(23)24/h1-9H,(H,18,21)(H,19,22)/b17-9-. The summed E-state index contributed by atoms with van der Waals surface area (Å²) in [7, 11) is 0. The summed E-state index contributed by atoms with van der Waals surface area (Å²) in [6.45, 7) is 0. The quantitative estimate of drug-likeness (QED) is 0.361. The third-order valence-electron chi connectivity index (χ3n) is 2.79. The Kier molecular flexibility index (Phi) is 5.74. The molecule has 0 heterocycles. The second-order valence-corrected chi connectivity index (χ2v) is 5.42. The molecule has 0 saturated carbocycles. The minimum atomic E-state index is -0.957. The lowest BCUT2D eigenvalue weighted by atomic mass is 10.2. The molecule has 0 radical (unpaired) electrons. The van der Waals surface area contributed by atoms with Gasteiger partial charge in [0.1, 0.15) is 0 Å². The van der Waals surface area contributed by atoms with Gasteiger partial charge in [-0.25, -0.2) is 5.43 Å². The SMILES string of the molecule is O=C(N/N=C\c1ccc(Br)cc1)C(=O)Nc1ccc([N+](=O)[O-])cc1. The average molecular weight is 391 g/mol. The molecule has 0 aliphatic heterocycles. The molecule has 9 heteroatoms. The molecule has 0 aliphatic rings. The largest absolute Gasteiger partial charge is 0.329 e. The van der Waals surface area contributed by atoms with Gasteiger partial charge in [-0.15, -0.1) is 0 Å². The molecule has 0 atom stereocenters. The van der Waals surface area contributed by atoms with Crippen molar-refractivity contribution in [1.29, 1.82) is 0 Å². The van der Waals surface area contributed by atoms with Crippen LogP contribution < -0.4 is 10.7 Å². The summed E-state index contributed by atoms with van der Waals surface area (Å²) >= 11 is 3.30. The minimum Gasteiger partial charge on any atom is -0.318 e. The molecular weight excluding hydrogens is 380 g/mol. The Morgan fingerprint density at radius 1 is 1.04 bits per heavy atom. The van der Waals surface area contributed by atoms with Gasteiger partial charge in [0, 0.05) is 22.3 Å². The Labute approximate surface area is 144 Å². The van der Waals surface area contributed by atoms with Crippen molar-refractivity contribution in [2.24, 2.45) is 5.10 Å². The molecule has 0 spiro atoms. The summed E-state index contributed by atoms with van der Waals surface area (Å²) in [6.07, 6.45) is 1.39. The molecule has 122 valence electrons. The van der Waals surface area contributed by atoms with Gasteiger partial charge in [0.2, 0.25) is 0 Å². The van der Waals surface area contributed by atoms with E-state index in [0.29, 0.717) is 0 Å². The molecule has 0 unspecified atom stereocenters. The predicted molar refractivity (Wildman–Crippen MR) is 91.6 cm³/mol. The summed E-state index contributed by atoms with van der Waals surface area (Å²) < 4.78 is 0.908. The molecule has 24 heavy (non-hydrogen) atoms. The molecule has 0 bridgehead atoms. The van der Waals surface area contributed by atoms with Crippen molar-refractivity contribution in [1.82, 2.24) is 5.43 Å². The first-order chi connectivity index (χ1) is 11.5. The van der Waals surface area contributed by atoms with Crippen molar-refractivity contribution in [2.75, 3.05) is 5.32 Å². The molecule has 2 rings (SSSR count). The lowest BCUT2D eigenvalue weighted by Gasteiger charge is -2.03. The molecule has 2 amide bonds. The van der Waals surface area contributed by atoms with Crippen LogP contribution in [0.5, 0.6) is 0 Å². The Balaban J connectivity index is 1.88. The first kappa shape index (κ1) is 17.3. The second-order valence-electron chi connectivity index (χ2n) is 4.51. The van der Waals surface area contributed by atoms with Gasteiger partial charge in [-0.1, -0.05) is 28.1 Å². The number of nitrogens with zero attached hydrogens (tertiary/aromatic N) is 2. The van der Waals surface area contributed by atoms with E-state index in [2.05, 4.69) is 31.8 Å². The number of amides is 2. The topological polar surface area (TPSA) is 114 Å². The number of hydrogen-bond acceptors (Lipinski definition) is 5. The average Bonchev–Trinajstić information content (AvgIpc) is 2.57. The van der Waals surface area contributed by atoms with Gasteiger partial charge in [-0.2, -0.15) is 5.10 Å². The first-order valence-electron chi connectivity index (χ1n) is 6.60. The van der Waals surface area contributed by atoms with Crippen LogP contribution in [-0.4, -0.2) is 23.0 Å². The molecule has 2 aromatic carbocycles. The van der Waals surface area contributed by atoms with Gasteiger partial charge in [0.05, 0.1) is 11.1 Å². The van der Waals surface area contributed by atoms with Gasteiger partial charge in [0.15, 0.2) is 0 Å². The molecule has 8 nitrogen and oxygen atoms in total. The molecule has 2 aromatic rings. The molecule has 0 saturated heterocycles. The van der Waals surface area contributed by atoms with Crippen molar-refractivity contribution in [3.63, 3.8) is 0 Å². The number of halogens is 1. The molecular formula is C15H11BrN4O4. The Hall–Kier alpha value is -3.07. The number of benzene rings is 2. The smallest absolute Gasteiger partial charge is 0.318 e. The lowest BCUT2D eigenvalue weighted by Crippen LogP contribution is -2.32. The highest BCUT2D eigenvalue weighted by molar-refractivity contribution is 9.10. The van der Waals surface area contributed by atoms with Crippen LogP contribution in [0.3, 0.4) is 0 Å². The zero-order valence-electron chi connectivity index (χ0n) is 12.1. The minimum absolute atomic E-state index is 0.114. The van der Waals surface area contributed by atoms with Crippen molar-refractivity contribution in [2.45, 2.75) is 0 Å². The van der Waals surface area contributed by atoms with Crippen molar-refractivity contribution < 1.29 is 14.5 Å². The second kappa shape index (κ2) is 7.97. The summed E-state index contributed by atoms with van der Waals surface area (Å²) in [5.74, 6) is -1.89. The monoisotopic (exact) mass is 390 g/mol. The molecule has 0 fully saturated rings. The fourth-order valence-electron chi connectivity index (χ4n) is 1.62. The third-order valence-corrected chi connectivity index (χ3v) is 3.32. The lowest BCUT2D eigenvalue weighted by molar-refractivity contribution is -0.384. The summed E-state index contributed by atoms with van der Waals surface area (Å²) in [5, 5.41) is 16.5. The van der Waals surface area contributed by atoms with Crippen LogP contribution in [0, 0.1) is 10.1 Å². The summed E-state index contributed by atoms with van der Waals surface area (Å²) in [6, 6.07) is 12.3. The van der Waals surface area contributed by atoms with Crippen LogP contribution >= 0.6 is 15.9 Å². The normalized spacial score (nSPS) is 10.4. The fourth-order valence-corrected chi connectivity index (χ4v) is 1.88. The number of carbonyl (C=O) groups is 2. The number of carbonyl (C=O) groups excluding carboxylic acids is 2. The van der Waals surface area contributed by atoms with E-state index in [4.69, 9.17) is 0 Å². The first-order valence-corrected chi connectivity index (χ1v) is 7.39. The van der Waals surface area contributed by atoms with Crippen molar-refractivity contribution in [3.8, 4) is 0 Å². The number of hydrogen-bond donors (Lipinski definition) is 2. The highest BCUT2D eigenvalue weighted by atomic mass is 79.9. The van der Waals surface area contributed by atoms with Gasteiger partial charge in [0.25, 0.3) is 5.69 Å². The fraction of sp³-hybridized carbons (Fsp3) is 0. The molecule has 0 aromatic heterocycles. The number of hydrazone groups is 1. The highest BCUT2D eigenvalue weighted by Crippen LogP contribution is 2.15. The predicted octanol–water partition coefficient (Wildman–Crippen LogP) is 2.45. The summed E-state index contributed by atoms with van der Waals surface area (Å²) in [4.78, 5) is 33.3. The zero-order valence-corrected chi connectivity index (χ0v) is 13.7. The van der Waals surface area contributed by atoms with Crippen LogP contribution in [0.4, 0.5) is 11.4 Å². The van der Waals surface area contributed by atoms with E-state index in [1.165, 1.54) is 30.5 Å². The number of nitrogens with one attached hydrogen (secondary N) is 2. The number of rotatable bonds is 4. The van der Waals surface area contributed by atoms with E-state index in [1.54, 1.807) is 12.1 Å². The number of nitro benzene ring substituents is 1. The van der Waals surface area contributed by atoms with E-state index in [-0.39, 0.29) is 11.4 Å². The number of non-ortho nitro benzene ring substituents is 1. The maximum Gasteiger partial charge on any atom is 0.329 e. The van der Waals surface area contributed by atoms with Gasteiger partial charge < -0.3 is 5.32 Å². The molecule has 2 N–H and O–H groups in total.